The molecule has 2 fully saturated rings. The van der Waals surface area contributed by atoms with E-state index >= 15 is 0 Å². The molecule has 2 aliphatic carbocycles. The molecule has 0 spiro atoms. The summed E-state index contributed by atoms with van der Waals surface area (Å²) in [6.07, 6.45) is 14.9. The van der Waals surface area contributed by atoms with Crippen molar-refractivity contribution in [3.63, 3.8) is 0 Å². The second-order valence-corrected chi connectivity index (χ2v) is 2.73. The zero-order chi connectivity index (χ0) is 13.1. The number of carbonyl (C=O) groups is 1. The Kier molecular flexibility index (Phi) is 13.3. The van der Waals surface area contributed by atoms with Gasteiger partial charge in [-0.2, -0.15) is 13.2 Å². The van der Waals surface area contributed by atoms with Crippen molar-refractivity contribution >= 4 is 5.97 Å². The van der Waals surface area contributed by atoms with E-state index in [2.05, 4.69) is 0 Å². The Labute approximate surface area is 118 Å². The Morgan fingerprint density at radius 2 is 0.833 bits per heavy atom. The van der Waals surface area contributed by atoms with Crippen molar-refractivity contribution in [2.24, 2.45) is 0 Å². The number of aliphatic carboxylic acids is 1. The molecule has 2 nitrogen and oxygen atoms in total. The van der Waals surface area contributed by atoms with Gasteiger partial charge in [-0.05, 0) is 64.2 Å². The van der Waals surface area contributed by atoms with Gasteiger partial charge in [-0.3, -0.25) is 0 Å². The van der Waals surface area contributed by atoms with Crippen molar-refractivity contribution in [2.45, 2.75) is 6.18 Å². The molecule has 18 heavy (non-hydrogen) atoms. The summed E-state index contributed by atoms with van der Waals surface area (Å²) in [6.45, 7) is 0. The first-order valence-electron chi connectivity index (χ1n) is 4.58. The topological polar surface area (TPSA) is 37.3 Å². The maximum atomic E-state index is 10.6. The average molecular weight is 295 g/mol. The van der Waals surface area contributed by atoms with Crippen molar-refractivity contribution in [1.29, 1.82) is 0 Å². The summed E-state index contributed by atoms with van der Waals surface area (Å²) in [7, 11) is 0. The van der Waals surface area contributed by atoms with Gasteiger partial charge in [-0.15, -0.1) is 0 Å². The molecule has 2 saturated carbocycles. The first kappa shape index (κ1) is 20.2. The average Bonchev–Trinajstić information content (AvgIpc) is 2.96. The fourth-order valence-electron chi connectivity index (χ4n) is 0.642. The molecular weight excluding hydrogens is 284 g/mol. The van der Waals surface area contributed by atoms with Crippen molar-refractivity contribution in [1.82, 2.24) is 0 Å². The summed E-state index contributed by atoms with van der Waals surface area (Å²) in [5, 5.41) is 7.12. The van der Waals surface area contributed by atoms with Gasteiger partial charge in [0.1, 0.15) is 0 Å². The molecule has 0 bridgehead atoms. The minimum Gasteiger partial charge on any atom is -0.475 e. The van der Waals surface area contributed by atoms with Gasteiger partial charge >= 0.3 is 30.7 Å². The summed E-state index contributed by atoms with van der Waals surface area (Å²) in [5.74, 6) is -2.76. The van der Waals surface area contributed by atoms with Gasteiger partial charge in [0, 0.05) is 0 Å². The zero-order valence-corrected chi connectivity index (χ0v) is 10.6. The number of rotatable bonds is 0. The Balaban J connectivity index is 0. The number of halogens is 3. The summed E-state index contributed by atoms with van der Waals surface area (Å²) < 4.78 is 31.7. The first-order valence-corrected chi connectivity index (χ1v) is 4.58. The Bertz CT molecular complexity index is 175. The second-order valence-electron chi connectivity index (χ2n) is 2.73. The van der Waals surface area contributed by atoms with Crippen molar-refractivity contribution in [3.05, 3.63) is 64.2 Å². The Morgan fingerprint density at radius 3 is 0.889 bits per heavy atom. The Morgan fingerprint density at radius 1 is 0.722 bits per heavy atom. The van der Waals surface area contributed by atoms with Crippen LogP contribution in [0.1, 0.15) is 0 Å². The van der Waals surface area contributed by atoms with Gasteiger partial charge in [-0.25, -0.2) is 4.79 Å². The molecule has 93 valence electrons. The summed E-state index contributed by atoms with van der Waals surface area (Å²) >= 11 is 0. The molecule has 2 rings (SSSR count). The first-order chi connectivity index (χ1) is 7.94. The van der Waals surface area contributed by atoms with Gasteiger partial charge in [-0.1, -0.05) is 0 Å². The fourth-order valence-corrected chi connectivity index (χ4v) is 0.642. The molecule has 2 aliphatic rings. The number of carboxylic acid groups (broad SMARTS) is 1. The molecule has 0 heterocycles. The minimum absolute atomic E-state index is 0. The van der Waals surface area contributed by atoms with Crippen LogP contribution >= 0.6 is 0 Å². The van der Waals surface area contributed by atoms with Gasteiger partial charge in [0.05, 0.1) is 0 Å². The van der Waals surface area contributed by atoms with E-state index in [1.807, 2.05) is 64.2 Å². The van der Waals surface area contributed by atoms with E-state index in [-0.39, 0.29) is 18.6 Å². The van der Waals surface area contributed by atoms with Gasteiger partial charge in [0.2, 0.25) is 0 Å². The Hall–Kier alpha value is -0.156. The molecule has 0 aromatic rings. The van der Waals surface area contributed by atoms with Crippen LogP contribution in [0, 0.1) is 64.2 Å². The zero-order valence-electron chi connectivity index (χ0n) is 9.21. The number of hydrogen-bond donors (Lipinski definition) is 1. The SMILES string of the molecule is O=C(O)C(F)(F)F.[CH]1[CH][CH][CH][CH]1.[CH]1[CH][CH][CH][CH]1.[V+4]. The molecule has 1 N–H and O–H groups in total. The minimum atomic E-state index is -5.08. The third-order valence-corrected chi connectivity index (χ3v) is 1.35. The van der Waals surface area contributed by atoms with Crippen LogP contribution in [0.4, 0.5) is 13.2 Å². The molecule has 6 heteroatoms. The van der Waals surface area contributed by atoms with Gasteiger partial charge < -0.3 is 5.11 Å². The van der Waals surface area contributed by atoms with Gasteiger partial charge in [0.25, 0.3) is 0 Å². The molecule has 0 unspecified atom stereocenters. The van der Waals surface area contributed by atoms with Crippen LogP contribution < -0.4 is 0 Å². The molecule has 0 aromatic carbocycles. The summed E-state index contributed by atoms with van der Waals surface area (Å²) in [5.41, 5.74) is 0. The summed E-state index contributed by atoms with van der Waals surface area (Å²) in [4.78, 5) is 8.90. The quantitative estimate of drug-likeness (QED) is 0.746. The molecule has 0 aromatic heterocycles. The van der Waals surface area contributed by atoms with Crippen LogP contribution in [0.3, 0.4) is 0 Å². The van der Waals surface area contributed by atoms with E-state index in [4.69, 9.17) is 9.90 Å². The molecule has 11 radical (unpaired) electrons. The largest absolute Gasteiger partial charge is 4.00 e. The smallest absolute Gasteiger partial charge is 0.475 e. The van der Waals surface area contributed by atoms with Crippen molar-refractivity contribution in [3.8, 4) is 0 Å². The predicted molar refractivity (Wildman–Crippen MR) is 56.7 cm³/mol. The van der Waals surface area contributed by atoms with Crippen molar-refractivity contribution < 1.29 is 41.6 Å². The molecule has 0 aliphatic heterocycles. The molecule has 0 saturated heterocycles. The van der Waals surface area contributed by atoms with Crippen LogP contribution in [0.15, 0.2) is 0 Å². The van der Waals surface area contributed by atoms with Crippen LogP contribution in [0.25, 0.3) is 0 Å². The normalized spacial score (nSPS) is 17.7. The van der Waals surface area contributed by atoms with E-state index in [0.29, 0.717) is 0 Å². The van der Waals surface area contributed by atoms with E-state index in [9.17, 15) is 13.2 Å². The third-order valence-electron chi connectivity index (χ3n) is 1.35. The maximum Gasteiger partial charge on any atom is 4.00 e. The third kappa shape index (κ3) is 13.9. The standard InChI is InChI=1S/2C5H5.C2HF3O2.V/c2*1-2-4-5-3-1;3-2(4,5)1(6)7;/h2*1-5H;(H,6,7);/q;;;+4. The monoisotopic (exact) mass is 295 g/mol. The van der Waals surface area contributed by atoms with Crippen LogP contribution in [0.5, 0.6) is 0 Å². The van der Waals surface area contributed by atoms with E-state index in [1.165, 1.54) is 0 Å². The fraction of sp³-hybridized carbons (Fsp3) is 0.0833. The second kappa shape index (κ2) is 11.9. The van der Waals surface area contributed by atoms with E-state index < -0.39 is 12.1 Å². The summed E-state index contributed by atoms with van der Waals surface area (Å²) in [6, 6.07) is 0. The number of carboxylic acids is 1. The molecular formula is C12H11F3O2V+4. The van der Waals surface area contributed by atoms with Gasteiger partial charge in [0.15, 0.2) is 0 Å². The molecule has 0 atom stereocenters. The molecule has 0 amide bonds. The number of hydrogen-bond acceptors (Lipinski definition) is 1. The maximum absolute atomic E-state index is 10.6. The van der Waals surface area contributed by atoms with Crippen LogP contribution in [0.2, 0.25) is 0 Å². The van der Waals surface area contributed by atoms with E-state index in [1.54, 1.807) is 0 Å². The van der Waals surface area contributed by atoms with E-state index in [0.717, 1.165) is 0 Å². The van der Waals surface area contributed by atoms with Crippen molar-refractivity contribution in [2.75, 3.05) is 0 Å². The van der Waals surface area contributed by atoms with Crippen LogP contribution in [-0.2, 0) is 23.4 Å². The van der Waals surface area contributed by atoms with Crippen LogP contribution in [-0.4, -0.2) is 17.3 Å². The number of alkyl halides is 3. The predicted octanol–water partition coefficient (Wildman–Crippen LogP) is 2.67.